The number of amides is 2. The Morgan fingerprint density at radius 1 is 0.643 bits per heavy atom. The molecule has 4 nitrogen and oxygen atoms in total. The standard InChI is InChI=1S/C21H15F3N2O2/c22-21(23,24)16-11-15(20(28)25-17-9-5-2-6-10-17)12-18(13-16)26-19(27)14-7-3-1-4-8-14/h1-13H,(H,25,28)(H,26,27). The fraction of sp³-hybridized carbons (Fsp3) is 0.0476. The molecular formula is C21H15F3N2O2. The number of halogens is 3. The van der Waals surface area contributed by atoms with E-state index in [1.807, 2.05) is 0 Å². The average molecular weight is 384 g/mol. The SMILES string of the molecule is O=C(Nc1cc(C(=O)Nc2ccccc2)cc(C(F)(F)F)c1)c1ccccc1. The number of carbonyl (C=O) groups excluding carboxylic acids is 2. The first-order valence-electron chi connectivity index (χ1n) is 8.28. The Morgan fingerprint density at radius 2 is 1.18 bits per heavy atom. The van der Waals surface area contributed by atoms with Gasteiger partial charge in [0.2, 0.25) is 0 Å². The minimum absolute atomic E-state index is 0.123. The summed E-state index contributed by atoms with van der Waals surface area (Å²) in [5, 5.41) is 4.94. The average Bonchev–Trinajstić information content (AvgIpc) is 2.68. The molecule has 3 aromatic rings. The predicted molar refractivity (Wildman–Crippen MR) is 100 cm³/mol. The first kappa shape index (κ1) is 19.2. The molecule has 0 saturated carbocycles. The fourth-order valence-electron chi connectivity index (χ4n) is 2.51. The number of nitrogens with one attached hydrogen (secondary N) is 2. The lowest BCUT2D eigenvalue weighted by Crippen LogP contribution is -2.17. The Morgan fingerprint density at radius 3 is 1.79 bits per heavy atom. The summed E-state index contributed by atoms with van der Waals surface area (Å²) in [6.45, 7) is 0. The zero-order valence-corrected chi connectivity index (χ0v) is 14.5. The van der Waals surface area contributed by atoms with E-state index in [-0.39, 0.29) is 16.8 Å². The van der Waals surface area contributed by atoms with Gasteiger partial charge in [-0.3, -0.25) is 9.59 Å². The van der Waals surface area contributed by atoms with Crippen molar-refractivity contribution in [2.45, 2.75) is 6.18 Å². The molecule has 0 fully saturated rings. The van der Waals surface area contributed by atoms with Crippen LogP contribution in [0.2, 0.25) is 0 Å². The second-order valence-corrected chi connectivity index (χ2v) is 5.94. The molecule has 0 aliphatic heterocycles. The van der Waals surface area contributed by atoms with Crippen LogP contribution in [0.1, 0.15) is 26.3 Å². The van der Waals surface area contributed by atoms with Crippen molar-refractivity contribution in [3.8, 4) is 0 Å². The van der Waals surface area contributed by atoms with E-state index in [0.29, 0.717) is 5.69 Å². The summed E-state index contributed by atoms with van der Waals surface area (Å²) in [5.74, 6) is -1.29. The molecule has 0 aliphatic carbocycles. The zero-order valence-electron chi connectivity index (χ0n) is 14.5. The monoisotopic (exact) mass is 384 g/mol. The van der Waals surface area contributed by atoms with Crippen LogP contribution in [0.5, 0.6) is 0 Å². The fourth-order valence-corrected chi connectivity index (χ4v) is 2.51. The second kappa shape index (κ2) is 7.96. The van der Waals surface area contributed by atoms with E-state index >= 15 is 0 Å². The van der Waals surface area contributed by atoms with Crippen molar-refractivity contribution in [3.63, 3.8) is 0 Å². The number of rotatable bonds is 4. The molecule has 142 valence electrons. The van der Waals surface area contributed by atoms with Gasteiger partial charge in [0.25, 0.3) is 11.8 Å². The van der Waals surface area contributed by atoms with Crippen molar-refractivity contribution >= 4 is 23.2 Å². The maximum Gasteiger partial charge on any atom is 0.416 e. The highest BCUT2D eigenvalue weighted by atomic mass is 19.4. The number of hydrogen-bond acceptors (Lipinski definition) is 2. The number of anilines is 2. The first-order valence-corrected chi connectivity index (χ1v) is 8.28. The van der Waals surface area contributed by atoms with Gasteiger partial charge in [-0.1, -0.05) is 36.4 Å². The molecule has 3 rings (SSSR count). The normalized spacial score (nSPS) is 11.0. The molecule has 0 radical (unpaired) electrons. The highest BCUT2D eigenvalue weighted by Crippen LogP contribution is 2.32. The van der Waals surface area contributed by atoms with E-state index in [4.69, 9.17) is 0 Å². The van der Waals surface area contributed by atoms with E-state index in [1.165, 1.54) is 18.2 Å². The van der Waals surface area contributed by atoms with Crippen molar-refractivity contribution in [3.05, 3.63) is 95.6 Å². The number of benzene rings is 3. The Kier molecular flexibility index (Phi) is 5.44. The molecule has 0 bridgehead atoms. The quantitative estimate of drug-likeness (QED) is 0.649. The topological polar surface area (TPSA) is 58.2 Å². The number of hydrogen-bond donors (Lipinski definition) is 2. The third-order valence-corrected chi connectivity index (χ3v) is 3.85. The summed E-state index contributed by atoms with van der Waals surface area (Å²) >= 11 is 0. The zero-order chi connectivity index (χ0) is 20.1. The largest absolute Gasteiger partial charge is 0.416 e. The third kappa shape index (κ3) is 4.76. The van der Waals surface area contributed by atoms with Crippen LogP contribution in [0, 0.1) is 0 Å². The lowest BCUT2D eigenvalue weighted by Gasteiger charge is -2.13. The van der Waals surface area contributed by atoms with E-state index in [9.17, 15) is 22.8 Å². The molecule has 2 amide bonds. The summed E-state index contributed by atoms with van der Waals surface area (Å²) in [6, 6.07) is 19.2. The van der Waals surface area contributed by atoms with Crippen molar-refractivity contribution in [1.29, 1.82) is 0 Å². The number of alkyl halides is 3. The van der Waals surface area contributed by atoms with E-state index in [1.54, 1.807) is 48.5 Å². The van der Waals surface area contributed by atoms with Crippen LogP contribution in [0.4, 0.5) is 24.5 Å². The van der Waals surface area contributed by atoms with Crippen molar-refractivity contribution in [1.82, 2.24) is 0 Å². The Bertz CT molecular complexity index is 988. The van der Waals surface area contributed by atoms with Gasteiger partial charge in [-0.2, -0.15) is 13.2 Å². The minimum atomic E-state index is -4.67. The number of para-hydroxylation sites is 1. The van der Waals surface area contributed by atoms with Gasteiger partial charge in [-0.25, -0.2) is 0 Å². The van der Waals surface area contributed by atoms with Crippen LogP contribution in [-0.4, -0.2) is 11.8 Å². The van der Waals surface area contributed by atoms with Gasteiger partial charge >= 0.3 is 6.18 Å². The van der Waals surface area contributed by atoms with Gasteiger partial charge in [0.05, 0.1) is 5.56 Å². The maximum absolute atomic E-state index is 13.3. The van der Waals surface area contributed by atoms with Crippen LogP contribution in [0.15, 0.2) is 78.9 Å². The van der Waals surface area contributed by atoms with E-state index in [0.717, 1.165) is 12.1 Å². The Labute approximate surface area is 159 Å². The molecule has 0 saturated heterocycles. The minimum Gasteiger partial charge on any atom is -0.322 e. The Balaban J connectivity index is 1.91. The molecule has 3 aromatic carbocycles. The molecule has 0 spiro atoms. The van der Waals surface area contributed by atoms with Gasteiger partial charge in [-0.05, 0) is 42.5 Å². The molecule has 7 heteroatoms. The molecular weight excluding hydrogens is 369 g/mol. The van der Waals surface area contributed by atoms with Crippen molar-refractivity contribution < 1.29 is 22.8 Å². The summed E-state index contributed by atoms with van der Waals surface area (Å²) in [5.41, 5.74) is -0.643. The molecule has 0 aromatic heterocycles. The van der Waals surface area contributed by atoms with Crippen LogP contribution < -0.4 is 10.6 Å². The summed E-state index contributed by atoms with van der Waals surface area (Å²) < 4.78 is 39.8. The van der Waals surface area contributed by atoms with Crippen LogP contribution in [0.25, 0.3) is 0 Å². The summed E-state index contributed by atoms with van der Waals surface area (Å²) in [6.07, 6.45) is -4.67. The lowest BCUT2D eigenvalue weighted by molar-refractivity contribution is -0.137. The van der Waals surface area contributed by atoms with Gasteiger partial charge < -0.3 is 10.6 Å². The van der Waals surface area contributed by atoms with Crippen molar-refractivity contribution in [2.75, 3.05) is 10.6 Å². The molecule has 2 N–H and O–H groups in total. The highest BCUT2D eigenvalue weighted by Gasteiger charge is 2.32. The Hall–Kier alpha value is -3.61. The van der Waals surface area contributed by atoms with Crippen LogP contribution in [-0.2, 0) is 6.18 Å². The van der Waals surface area contributed by atoms with Gasteiger partial charge in [0, 0.05) is 22.5 Å². The molecule has 0 aliphatic rings. The van der Waals surface area contributed by atoms with E-state index < -0.39 is 23.6 Å². The first-order chi connectivity index (χ1) is 13.3. The molecule has 28 heavy (non-hydrogen) atoms. The molecule has 0 atom stereocenters. The van der Waals surface area contributed by atoms with Gasteiger partial charge in [-0.15, -0.1) is 0 Å². The van der Waals surface area contributed by atoms with Crippen LogP contribution >= 0.6 is 0 Å². The predicted octanol–water partition coefficient (Wildman–Crippen LogP) is 5.21. The second-order valence-electron chi connectivity index (χ2n) is 5.94. The summed E-state index contributed by atoms with van der Waals surface area (Å²) in [7, 11) is 0. The smallest absolute Gasteiger partial charge is 0.322 e. The number of carbonyl (C=O) groups is 2. The van der Waals surface area contributed by atoms with E-state index in [2.05, 4.69) is 10.6 Å². The molecule has 0 unspecified atom stereocenters. The lowest BCUT2D eigenvalue weighted by atomic mass is 10.1. The van der Waals surface area contributed by atoms with Crippen LogP contribution in [0.3, 0.4) is 0 Å². The highest BCUT2D eigenvalue weighted by molar-refractivity contribution is 6.07. The maximum atomic E-state index is 13.3. The third-order valence-electron chi connectivity index (χ3n) is 3.85. The van der Waals surface area contributed by atoms with Gasteiger partial charge in [0.1, 0.15) is 0 Å². The summed E-state index contributed by atoms with van der Waals surface area (Å²) in [4.78, 5) is 24.7. The van der Waals surface area contributed by atoms with Gasteiger partial charge in [0.15, 0.2) is 0 Å². The van der Waals surface area contributed by atoms with Crippen molar-refractivity contribution in [2.24, 2.45) is 0 Å². The molecule has 0 heterocycles.